The molecule has 5 rings (SSSR count). The third-order valence-electron chi connectivity index (χ3n) is 5.86. The number of nitrogens with two attached hydrogens (primary N) is 1. The summed E-state index contributed by atoms with van der Waals surface area (Å²) in [5.41, 5.74) is 13.0. The molecule has 0 saturated heterocycles. The first-order chi connectivity index (χ1) is 16.4. The number of nitrogens with one attached hydrogen (secondary N) is 6. The van der Waals surface area contributed by atoms with Crippen LogP contribution in [0.5, 0.6) is 0 Å². The van der Waals surface area contributed by atoms with Gasteiger partial charge in [0.1, 0.15) is 5.82 Å². The molecule has 0 saturated carbocycles. The van der Waals surface area contributed by atoms with E-state index in [1.54, 1.807) is 11.9 Å². The predicted molar refractivity (Wildman–Crippen MR) is 140 cm³/mol. The van der Waals surface area contributed by atoms with Gasteiger partial charge in [-0.2, -0.15) is 0 Å². The first kappa shape index (κ1) is 21.1. The fourth-order valence-corrected chi connectivity index (χ4v) is 4.04. The van der Waals surface area contributed by atoms with Gasteiger partial charge in [0, 0.05) is 48.1 Å². The van der Waals surface area contributed by atoms with Gasteiger partial charge < -0.3 is 31.2 Å². The van der Waals surface area contributed by atoms with Crippen molar-refractivity contribution in [1.82, 2.24) is 20.3 Å². The molecule has 0 radical (unpaired) electrons. The van der Waals surface area contributed by atoms with Gasteiger partial charge in [-0.3, -0.25) is 10.8 Å². The molecule has 0 fully saturated rings. The van der Waals surface area contributed by atoms with Gasteiger partial charge in [-0.05, 0) is 53.6 Å². The predicted octanol–water partition coefficient (Wildman–Crippen LogP) is 4.27. The van der Waals surface area contributed by atoms with Crippen LogP contribution in [-0.4, -0.2) is 41.0 Å². The summed E-state index contributed by atoms with van der Waals surface area (Å²) in [4.78, 5) is 13.3. The first-order valence-corrected chi connectivity index (χ1v) is 10.8. The van der Waals surface area contributed by atoms with Crippen LogP contribution < -0.4 is 21.3 Å². The number of anilines is 2. The molecule has 5 aromatic rings. The SMILES string of the molecule is CNC(=N)N(C)c1ccc(-c2ccc3[nH]cc(-c4nc5ccc(NC(=N)N)cc5[nH]4)c3c2)cc1. The lowest BCUT2D eigenvalue weighted by molar-refractivity contribution is 1.06. The number of H-pyrrole nitrogens is 2. The zero-order chi connectivity index (χ0) is 23.8. The average molecular weight is 452 g/mol. The van der Waals surface area contributed by atoms with Crippen molar-refractivity contribution in [3.8, 4) is 22.5 Å². The number of aromatic amines is 2. The second kappa shape index (κ2) is 8.28. The number of aromatic nitrogens is 3. The average Bonchev–Trinajstić information content (AvgIpc) is 3.45. The van der Waals surface area contributed by atoms with Gasteiger partial charge in [-0.1, -0.05) is 18.2 Å². The van der Waals surface area contributed by atoms with Crippen molar-refractivity contribution in [1.29, 1.82) is 10.8 Å². The molecule has 0 amide bonds. The summed E-state index contributed by atoms with van der Waals surface area (Å²) < 4.78 is 0. The molecule has 9 heteroatoms. The Bertz CT molecular complexity index is 1530. The maximum atomic E-state index is 7.94. The van der Waals surface area contributed by atoms with Gasteiger partial charge in [0.2, 0.25) is 0 Å². The van der Waals surface area contributed by atoms with Crippen molar-refractivity contribution >= 4 is 45.2 Å². The Kier molecular flexibility index (Phi) is 5.14. The fourth-order valence-electron chi connectivity index (χ4n) is 4.04. The Morgan fingerprint density at radius 1 is 0.971 bits per heavy atom. The number of imidazole rings is 1. The minimum atomic E-state index is -0.108. The number of nitrogens with zero attached hydrogens (tertiary/aromatic N) is 2. The standard InChI is InChI=1S/C25H25N9/c1-29-25(28)34(2)17-7-3-14(4-8-17)15-5-9-20-18(11-15)19(13-30-20)23-32-21-10-6-16(31-24(26)27)12-22(21)33-23/h3-13,30H,1-2H3,(H2,28,29)(H,32,33)(H4,26,27,31). The van der Waals surface area contributed by atoms with E-state index in [9.17, 15) is 0 Å². The molecule has 170 valence electrons. The zero-order valence-electron chi connectivity index (χ0n) is 18.8. The van der Waals surface area contributed by atoms with Crippen LogP contribution in [-0.2, 0) is 0 Å². The van der Waals surface area contributed by atoms with Crippen molar-refractivity contribution in [3.63, 3.8) is 0 Å². The quantitative estimate of drug-likeness (QED) is 0.161. The van der Waals surface area contributed by atoms with Crippen LogP contribution in [0.1, 0.15) is 0 Å². The molecule has 8 N–H and O–H groups in total. The van der Waals surface area contributed by atoms with Crippen LogP contribution in [0.15, 0.2) is 66.9 Å². The third kappa shape index (κ3) is 3.79. The van der Waals surface area contributed by atoms with Crippen molar-refractivity contribution in [2.75, 3.05) is 24.3 Å². The summed E-state index contributed by atoms with van der Waals surface area (Å²) >= 11 is 0. The highest BCUT2D eigenvalue weighted by Gasteiger charge is 2.13. The van der Waals surface area contributed by atoms with E-state index in [0.717, 1.165) is 55.8 Å². The minimum absolute atomic E-state index is 0.108. The molecule has 9 nitrogen and oxygen atoms in total. The molecule has 0 spiro atoms. The van der Waals surface area contributed by atoms with Crippen molar-refractivity contribution in [2.24, 2.45) is 5.73 Å². The summed E-state index contributed by atoms with van der Waals surface area (Å²) in [7, 11) is 3.60. The molecule has 34 heavy (non-hydrogen) atoms. The second-order valence-corrected chi connectivity index (χ2v) is 8.02. The number of guanidine groups is 2. The molecule has 0 aliphatic rings. The molecule has 0 atom stereocenters. The number of rotatable bonds is 4. The Morgan fingerprint density at radius 2 is 1.74 bits per heavy atom. The normalized spacial score (nSPS) is 11.0. The summed E-state index contributed by atoms with van der Waals surface area (Å²) in [5.74, 6) is 0.991. The van der Waals surface area contributed by atoms with E-state index in [-0.39, 0.29) is 5.96 Å². The highest BCUT2D eigenvalue weighted by atomic mass is 15.2. The number of hydrogen-bond donors (Lipinski definition) is 7. The minimum Gasteiger partial charge on any atom is -0.370 e. The topological polar surface area (TPSA) is 145 Å². The largest absolute Gasteiger partial charge is 0.370 e. The number of hydrogen-bond acceptors (Lipinski definition) is 3. The van der Waals surface area contributed by atoms with Crippen LogP contribution in [0.25, 0.3) is 44.5 Å². The Labute approximate surface area is 196 Å². The summed E-state index contributed by atoms with van der Waals surface area (Å²) in [5, 5.41) is 22.1. The molecule has 2 aromatic heterocycles. The van der Waals surface area contributed by atoms with Crippen molar-refractivity contribution in [2.45, 2.75) is 0 Å². The Morgan fingerprint density at radius 3 is 2.47 bits per heavy atom. The molecule has 0 bridgehead atoms. The van der Waals surface area contributed by atoms with Crippen LogP contribution in [0.4, 0.5) is 11.4 Å². The first-order valence-electron chi connectivity index (χ1n) is 10.8. The van der Waals surface area contributed by atoms with Crippen molar-refractivity contribution in [3.05, 3.63) is 66.9 Å². The second-order valence-electron chi connectivity index (χ2n) is 8.02. The Hall–Kier alpha value is -4.79. The maximum absolute atomic E-state index is 7.94. The van der Waals surface area contributed by atoms with Gasteiger partial charge in [0.15, 0.2) is 11.9 Å². The van der Waals surface area contributed by atoms with Crippen LogP contribution in [0.2, 0.25) is 0 Å². The smallest absolute Gasteiger partial charge is 0.195 e. The lowest BCUT2D eigenvalue weighted by Crippen LogP contribution is -2.35. The van der Waals surface area contributed by atoms with Crippen LogP contribution in [0.3, 0.4) is 0 Å². The van der Waals surface area contributed by atoms with Crippen molar-refractivity contribution < 1.29 is 0 Å². The molecule has 0 aliphatic carbocycles. The molecule has 0 aliphatic heterocycles. The molecular formula is C25H25N9. The third-order valence-corrected chi connectivity index (χ3v) is 5.86. The fraction of sp³-hybridized carbons (Fsp3) is 0.0800. The maximum Gasteiger partial charge on any atom is 0.195 e. The van der Waals surface area contributed by atoms with E-state index < -0.39 is 0 Å². The van der Waals surface area contributed by atoms with E-state index in [0.29, 0.717) is 5.96 Å². The summed E-state index contributed by atoms with van der Waals surface area (Å²) in [6.07, 6.45) is 1.96. The summed E-state index contributed by atoms with van der Waals surface area (Å²) in [6.45, 7) is 0. The van der Waals surface area contributed by atoms with Gasteiger partial charge in [-0.25, -0.2) is 4.98 Å². The molecule has 2 heterocycles. The van der Waals surface area contributed by atoms with E-state index in [1.807, 2.05) is 43.6 Å². The number of benzene rings is 3. The highest BCUT2D eigenvalue weighted by Crippen LogP contribution is 2.33. The van der Waals surface area contributed by atoms with Gasteiger partial charge in [0.25, 0.3) is 0 Å². The van der Waals surface area contributed by atoms with Gasteiger partial charge in [0.05, 0.1) is 11.0 Å². The van der Waals surface area contributed by atoms with E-state index in [4.69, 9.17) is 21.5 Å². The molecule has 0 unspecified atom stereocenters. The lowest BCUT2D eigenvalue weighted by Gasteiger charge is -2.19. The van der Waals surface area contributed by atoms with E-state index in [1.165, 1.54) is 0 Å². The van der Waals surface area contributed by atoms with Gasteiger partial charge in [-0.15, -0.1) is 0 Å². The number of fused-ring (bicyclic) bond motifs is 2. The molecule has 3 aromatic carbocycles. The molecular weight excluding hydrogens is 426 g/mol. The van der Waals surface area contributed by atoms with Gasteiger partial charge >= 0.3 is 0 Å². The van der Waals surface area contributed by atoms with Crippen LogP contribution >= 0.6 is 0 Å². The monoisotopic (exact) mass is 451 g/mol. The van der Waals surface area contributed by atoms with E-state index >= 15 is 0 Å². The summed E-state index contributed by atoms with van der Waals surface area (Å²) in [6, 6.07) is 20.1. The van der Waals surface area contributed by atoms with Crippen LogP contribution in [0, 0.1) is 10.8 Å². The van der Waals surface area contributed by atoms with E-state index in [2.05, 4.69) is 50.9 Å². The zero-order valence-corrected chi connectivity index (χ0v) is 18.8. The lowest BCUT2D eigenvalue weighted by atomic mass is 10.0. The highest BCUT2D eigenvalue weighted by molar-refractivity contribution is 5.99. The Balaban J connectivity index is 1.50.